The highest BCUT2D eigenvalue weighted by atomic mass is 35.5. The molecule has 2 saturated carbocycles. The van der Waals surface area contributed by atoms with Gasteiger partial charge in [-0.15, -0.1) is 12.4 Å². The number of hydrogen-bond donors (Lipinski definition) is 2. The van der Waals surface area contributed by atoms with Crippen molar-refractivity contribution in [2.45, 2.75) is 50.8 Å². The summed E-state index contributed by atoms with van der Waals surface area (Å²) in [6.07, 6.45) is 4.56. The number of nitro benzene ring substituents is 1. The van der Waals surface area contributed by atoms with Gasteiger partial charge < -0.3 is 20.5 Å². The number of methoxy groups -OCH3 is 1. The predicted molar refractivity (Wildman–Crippen MR) is 103 cm³/mol. The Morgan fingerprint density at radius 3 is 2.41 bits per heavy atom. The van der Waals surface area contributed by atoms with Crippen molar-refractivity contribution >= 4 is 24.0 Å². The van der Waals surface area contributed by atoms with Gasteiger partial charge in [-0.25, -0.2) is 0 Å². The molecule has 8 nitrogen and oxygen atoms in total. The Morgan fingerprint density at radius 1 is 1.28 bits per heavy atom. The fraction of sp³-hybridized carbons (Fsp3) is 0.611. The second-order valence-corrected chi connectivity index (χ2v) is 7.34. The summed E-state index contributed by atoms with van der Waals surface area (Å²) in [5, 5.41) is 14.3. The van der Waals surface area contributed by atoms with Gasteiger partial charge in [0.15, 0.2) is 11.5 Å². The minimum atomic E-state index is -3.18. The number of nitrogens with two attached hydrogens (primary N) is 1. The fourth-order valence-electron chi connectivity index (χ4n) is 4.48. The Balaban J connectivity index is 0.00000300. The Hall–Kier alpha value is -2.20. The van der Waals surface area contributed by atoms with E-state index in [1.807, 2.05) is 0 Å². The van der Waals surface area contributed by atoms with Crippen molar-refractivity contribution < 1.29 is 28.0 Å². The highest BCUT2D eigenvalue weighted by molar-refractivity contribution is 5.99. The van der Waals surface area contributed by atoms with Crippen LogP contribution < -0.4 is 20.5 Å². The molecule has 29 heavy (non-hydrogen) atoms. The molecule has 11 heteroatoms. The average molecular weight is 436 g/mol. The Bertz CT molecular complexity index is 753. The number of nitrogens with zero attached hydrogens (tertiary/aromatic N) is 1. The number of halogens is 3. The molecule has 2 unspecified atom stereocenters. The number of ether oxygens (including phenoxy) is 2. The summed E-state index contributed by atoms with van der Waals surface area (Å²) in [6.45, 7) is -3.18. The molecule has 2 bridgehead atoms. The van der Waals surface area contributed by atoms with Gasteiger partial charge in [0.25, 0.3) is 11.6 Å². The molecule has 2 aliphatic rings. The lowest BCUT2D eigenvalue weighted by Crippen LogP contribution is -2.53. The summed E-state index contributed by atoms with van der Waals surface area (Å²) < 4.78 is 34.4. The van der Waals surface area contributed by atoms with Gasteiger partial charge in [-0.2, -0.15) is 8.78 Å². The van der Waals surface area contributed by atoms with Gasteiger partial charge in [0, 0.05) is 18.2 Å². The van der Waals surface area contributed by atoms with Gasteiger partial charge in [-0.3, -0.25) is 14.9 Å². The molecule has 3 rings (SSSR count). The van der Waals surface area contributed by atoms with Gasteiger partial charge in [0.05, 0.1) is 18.1 Å². The zero-order valence-corrected chi connectivity index (χ0v) is 16.6. The van der Waals surface area contributed by atoms with Crippen LogP contribution in [0.2, 0.25) is 0 Å². The largest absolute Gasteiger partial charge is 0.493 e. The molecule has 1 aromatic carbocycles. The standard InChI is InChI=1S/C18H23F2N3O5.ClH/c1-27-14-7-12(13(23(25)26)8-15(14)28-18(19)20)17(24)22-16-9-3-2-4-10(16)6-11(21)5-9;/h7-11,16,18H,2-6,21H2,1H3,(H,22,24);1H. The van der Waals surface area contributed by atoms with E-state index in [4.69, 9.17) is 10.5 Å². The number of carbonyl (C=O) groups is 1. The molecule has 0 aliphatic heterocycles. The maximum atomic E-state index is 12.9. The van der Waals surface area contributed by atoms with Crippen LogP contribution in [0, 0.1) is 22.0 Å². The van der Waals surface area contributed by atoms with Crippen molar-refractivity contribution in [1.82, 2.24) is 5.32 Å². The lowest BCUT2D eigenvalue weighted by atomic mass is 9.67. The lowest BCUT2D eigenvalue weighted by Gasteiger charge is -2.45. The Kier molecular flexibility index (Phi) is 7.59. The summed E-state index contributed by atoms with van der Waals surface area (Å²) in [6, 6.07) is 1.85. The van der Waals surface area contributed by atoms with E-state index in [9.17, 15) is 23.7 Å². The van der Waals surface area contributed by atoms with Crippen molar-refractivity contribution in [3.05, 3.63) is 27.8 Å². The molecule has 0 spiro atoms. The topological polar surface area (TPSA) is 117 Å². The Labute approximate surface area is 172 Å². The highest BCUT2D eigenvalue weighted by Gasteiger charge is 2.40. The number of carbonyl (C=O) groups excluding carboxylic acids is 1. The van der Waals surface area contributed by atoms with Crippen LogP contribution in [0.1, 0.15) is 42.5 Å². The van der Waals surface area contributed by atoms with E-state index in [0.29, 0.717) is 0 Å². The third-order valence-corrected chi connectivity index (χ3v) is 5.61. The number of benzene rings is 1. The minimum absolute atomic E-state index is 0. The van der Waals surface area contributed by atoms with Crippen LogP contribution in [0.25, 0.3) is 0 Å². The number of fused-ring (bicyclic) bond motifs is 2. The van der Waals surface area contributed by atoms with Gasteiger partial charge in [0.2, 0.25) is 0 Å². The lowest BCUT2D eigenvalue weighted by molar-refractivity contribution is -0.385. The van der Waals surface area contributed by atoms with E-state index in [-0.39, 0.29) is 47.6 Å². The van der Waals surface area contributed by atoms with Crippen molar-refractivity contribution in [3.63, 3.8) is 0 Å². The molecule has 162 valence electrons. The monoisotopic (exact) mass is 435 g/mol. The maximum Gasteiger partial charge on any atom is 0.387 e. The van der Waals surface area contributed by atoms with E-state index >= 15 is 0 Å². The summed E-state index contributed by atoms with van der Waals surface area (Å²) >= 11 is 0. The van der Waals surface area contributed by atoms with Crippen LogP contribution in [0.3, 0.4) is 0 Å². The third kappa shape index (κ3) is 5.05. The van der Waals surface area contributed by atoms with E-state index in [1.54, 1.807) is 0 Å². The van der Waals surface area contributed by atoms with Gasteiger partial charge in [-0.1, -0.05) is 6.42 Å². The zero-order valence-electron chi connectivity index (χ0n) is 15.8. The molecule has 2 fully saturated rings. The first-order chi connectivity index (χ1) is 13.3. The Morgan fingerprint density at radius 2 is 1.90 bits per heavy atom. The number of alkyl halides is 2. The molecule has 0 heterocycles. The zero-order chi connectivity index (χ0) is 20.4. The van der Waals surface area contributed by atoms with Crippen LogP contribution in [-0.4, -0.2) is 36.6 Å². The number of nitro groups is 1. The first kappa shape index (κ1) is 23.1. The van der Waals surface area contributed by atoms with E-state index < -0.39 is 28.9 Å². The van der Waals surface area contributed by atoms with Crippen LogP contribution in [0.4, 0.5) is 14.5 Å². The molecule has 1 amide bonds. The third-order valence-electron chi connectivity index (χ3n) is 5.61. The smallest absolute Gasteiger partial charge is 0.387 e. The first-order valence-corrected chi connectivity index (χ1v) is 9.17. The second-order valence-electron chi connectivity index (χ2n) is 7.34. The summed E-state index contributed by atoms with van der Waals surface area (Å²) in [4.78, 5) is 23.5. The van der Waals surface area contributed by atoms with Gasteiger partial charge in [0.1, 0.15) is 5.56 Å². The molecule has 0 saturated heterocycles. The number of amides is 1. The van der Waals surface area contributed by atoms with Crippen molar-refractivity contribution in [3.8, 4) is 11.5 Å². The normalized spacial score (nSPS) is 25.7. The number of rotatable bonds is 6. The minimum Gasteiger partial charge on any atom is -0.493 e. The van der Waals surface area contributed by atoms with Crippen molar-refractivity contribution in [2.24, 2.45) is 17.6 Å². The van der Waals surface area contributed by atoms with Crippen LogP contribution in [-0.2, 0) is 0 Å². The van der Waals surface area contributed by atoms with Crippen LogP contribution in [0.5, 0.6) is 11.5 Å². The SMILES string of the molecule is COc1cc(C(=O)NC2C3CCCC2CC(N)C3)c([N+](=O)[O-])cc1OC(F)F.Cl. The molecule has 0 radical (unpaired) electrons. The molecule has 2 aliphatic carbocycles. The van der Waals surface area contributed by atoms with E-state index in [1.165, 1.54) is 7.11 Å². The first-order valence-electron chi connectivity index (χ1n) is 9.17. The molecule has 2 atom stereocenters. The van der Waals surface area contributed by atoms with E-state index in [2.05, 4.69) is 10.1 Å². The highest BCUT2D eigenvalue weighted by Crippen LogP contribution is 2.40. The van der Waals surface area contributed by atoms with E-state index in [0.717, 1.165) is 44.2 Å². The van der Waals surface area contributed by atoms with Crippen molar-refractivity contribution in [1.29, 1.82) is 0 Å². The molecular formula is C18H24ClF2N3O5. The number of hydrogen-bond acceptors (Lipinski definition) is 6. The van der Waals surface area contributed by atoms with Crippen molar-refractivity contribution in [2.75, 3.05) is 7.11 Å². The molecule has 1 aromatic rings. The number of nitrogens with one attached hydrogen (secondary N) is 1. The molecule has 3 N–H and O–H groups in total. The fourth-order valence-corrected chi connectivity index (χ4v) is 4.48. The van der Waals surface area contributed by atoms with Gasteiger partial charge >= 0.3 is 6.61 Å². The molecule has 0 aromatic heterocycles. The second kappa shape index (κ2) is 9.53. The quantitative estimate of drug-likeness (QED) is 0.523. The summed E-state index contributed by atoms with van der Waals surface area (Å²) in [7, 11) is 1.20. The van der Waals surface area contributed by atoms with Crippen LogP contribution >= 0.6 is 12.4 Å². The van der Waals surface area contributed by atoms with Gasteiger partial charge in [-0.05, 0) is 37.5 Å². The van der Waals surface area contributed by atoms with Crippen LogP contribution in [0.15, 0.2) is 12.1 Å². The summed E-state index contributed by atoms with van der Waals surface area (Å²) in [5.74, 6) is -0.850. The predicted octanol–water partition coefficient (Wildman–Crippen LogP) is 3.26. The summed E-state index contributed by atoms with van der Waals surface area (Å²) in [5.41, 5.74) is 5.22. The average Bonchev–Trinajstić information content (AvgIpc) is 2.61. The maximum absolute atomic E-state index is 12.9. The molecular weight excluding hydrogens is 412 g/mol.